The number of hydrogen-bond acceptors (Lipinski definition) is 3. The molecule has 0 aliphatic heterocycles. The van der Waals surface area contributed by atoms with Crippen molar-refractivity contribution in [1.29, 1.82) is 0 Å². The van der Waals surface area contributed by atoms with E-state index in [2.05, 4.69) is 24.5 Å². The van der Waals surface area contributed by atoms with Gasteiger partial charge in [0.1, 0.15) is 5.75 Å². The molecule has 0 aliphatic rings. The summed E-state index contributed by atoms with van der Waals surface area (Å²) in [5, 5.41) is 6.07. The summed E-state index contributed by atoms with van der Waals surface area (Å²) < 4.78 is 5.77. The van der Waals surface area contributed by atoms with E-state index in [1.165, 1.54) is 5.56 Å². The fourth-order valence-electron chi connectivity index (χ4n) is 2.29. The van der Waals surface area contributed by atoms with E-state index in [0.29, 0.717) is 35.5 Å². The van der Waals surface area contributed by atoms with Gasteiger partial charge in [-0.15, -0.1) is 0 Å². The van der Waals surface area contributed by atoms with Crippen LogP contribution in [0.4, 0.5) is 0 Å². The Morgan fingerprint density at radius 3 is 2.50 bits per heavy atom. The highest BCUT2D eigenvalue weighted by molar-refractivity contribution is 7.80. The smallest absolute Gasteiger partial charge is 0.261 e. The molecule has 5 heteroatoms. The van der Waals surface area contributed by atoms with E-state index in [9.17, 15) is 4.79 Å². The average molecular weight is 371 g/mol. The molecular formula is C21H26N2O2S. The zero-order valence-corrected chi connectivity index (χ0v) is 16.4. The Kier molecular flexibility index (Phi) is 7.60. The minimum Gasteiger partial charge on any atom is -0.493 e. The molecule has 0 aliphatic carbocycles. The number of carbonyl (C=O) groups excluding carboxylic acids is 1. The maximum atomic E-state index is 12.5. The van der Waals surface area contributed by atoms with Crippen molar-refractivity contribution in [2.24, 2.45) is 5.92 Å². The molecule has 0 radical (unpaired) electrons. The van der Waals surface area contributed by atoms with Gasteiger partial charge in [-0.05, 0) is 49.2 Å². The first-order valence-electron chi connectivity index (χ1n) is 8.82. The van der Waals surface area contributed by atoms with E-state index < -0.39 is 0 Å². The molecule has 1 amide bonds. The lowest BCUT2D eigenvalue weighted by Crippen LogP contribution is -2.39. The first-order chi connectivity index (χ1) is 12.5. The summed E-state index contributed by atoms with van der Waals surface area (Å²) in [4.78, 5) is 12.5. The van der Waals surface area contributed by atoms with Crippen molar-refractivity contribution in [2.45, 2.75) is 33.7 Å². The van der Waals surface area contributed by atoms with Crippen molar-refractivity contribution < 1.29 is 9.53 Å². The van der Waals surface area contributed by atoms with Crippen molar-refractivity contribution in [3.63, 3.8) is 0 Å². The van der Waals surface area contributed by atoms with Crippen LogP contribution in [-0.4, -0.2) is 17.6 Å². The number of hydrogen-bond donors (Lipinski definition) is 2. The molecule has 0 spiro atoms. The Hall–Kier alpha value is -2.40. The van der Waals surface area contributed by atoms with Crippen molar-refractivity contribution >= 4 is 23.2 Å². The second kappa shape index (κ2) is 9.92. The fraction of sp³-hybridized carbons (Fsp3) is 0.333. The van der Waals surface area contributed by atoms with Gasteiger partial charge in [-0.25, -0.2) is 0 Å². The third-order valence-corrected chi connectivity index (χ3v) is 4.13. The molecule has 0 saturated carbocycles. The summed E-state index contributed by atoms with van der Waals surface area (Å²) in [7, 11) is 0. The van der Waals surface area contributed by atoms with Gasteiger partial charge in [-0.1, -0.05) is 55.8 Å². The van der Waals surface area contributed by atoms with Gasteiger partial charge < -0.3 is 10.1 Å². The molecule has 0 heterocycles. The van der Waals surface area contributed by atoms with Crippen LogP contribution in [0.3, 0.4) is 0 Å². The van der Waals surface area contributed by atoms with Crippen LogP contribution in [0.25, 0.3) is 0 Å². The van der Waals surface area contributed by atoms with Gasteiger partial charge in [0.25, 0.3) is 5.91 Å². The Bertz CT molecular complexity index is 742. The second-order valence-corrected chi connectivity index (χ2v) is 7.06. The summed E-state index contributed by atoms with van der Waals surface area (Å²) in [6.07, 6.45) is 0.937. The van der Waals surface area contributed by atoms with Crippen LogP contribution in [0.15, 0.2) is 48.5 Å². The molecule has 0 bridgehead atoms. The molecule has 0 unspecified atom stereocenters. The molecular weight excluding hydrogens is 344 g/mol. The third kappa shape index (κ3) is 6.48. The highest BCUT2D eigenvalue weighted by Gasteiger charge is 2.13. The predicted molar refractivity (Wildman–Crippen MR) is 109 cm³/mol. The summed E-state index contributed by atoms with van der Waals surface area (Å²) >= 11 is 5.24. The maximum Gasteiger partial charge on any atom is 0.261 e. The average Bonchev–Trinajstić information content (AvgIpc) is 2.61. The largest absolute Gasteiger partial charge is 0.493 e. The Morgan fingerprint density at radius 2 is 1.81 bits per heavy atom. The van der Waals surface area contributed by atoms with Crippen LogP contribution >= 0.6 is 12.2 Å². The topological polar surface area (TPSA) is 50.4 Å². The number of ether oxygens (including phenoxy) is 1. The molecule has 0 aromatic heterocycles. The van der Waals surface area contributed by atoms with Crippen LogP contribution in [0.5, 0.6) is 5.75 Å². The number of rotatable bonds is 7. The van der Waals surface area contributed by atoms with Crippen LogP contribution in [0, 0.1) is 12.8 Å². The van der Waals surface area contributed by atoms with Gasteiger partial charge in [-0.3, -0.25) is 10.1 Å². The van der Waals surface area contributed by atoms with Gasteiger partial charge in [0.15, 0.2) is 5.11 Å². The SMILES string of the molecule is Cc1ccc(CNC(=S)NC(=O)c2ccccc2OCCC(C)C)cc1. The Morgan fingerprint density at radius 1 is 1.12 bits per heavy atom. The monoisotopic (exact) mass is 370 g/mol. The van der Waals surface area contributed by atoms with Crippen LogP contribution < -0.4 is 15.4 Å². The van der Waals surface area contributed by atoms with E-state index >= 15 is 0 Å². The first kappa shape index (κ1) is 19.9. The zero-order chi connectivity index (χ0) is 18.9. The lowest BCUT2D eigenvalue weighted by Gasteiger charge is -2.13. The van der Waals surface area contributed by atoms with Crippen LogP contribution in [0.2, 0.25) is 0 Å². The predicted octanol–water partition coefficient (Wildman–Crippen LogP) is 4.22. The summed E-state index contributed by atoms with van der Waals surface area (Å²) in [6, 6.07) is 15.4. The molecule has 0 atom stereocenters. The normalized spacial score (nSPS) is 10.5. The standard InChI is InChI=1S/C21H26N2O2S/c1-15(2)12-13-25-19-7-5-4-6-18(19)20(24)23-21(26)22-14-17-10-8-16(3)9-11-17/h4-11,15H,12-14H2,1-3H3,(H2,22,23,24,26). The zero-order valence-electron chi connectivity index (χ0n) is 15.5. The minimum atomic E-state index is -0.272. The minimum absolute atomic E-state index is 0.272. The van der Waals surface area contributed by atoms with Crippen molar-refractivity contribution in [1.82, 2.24) is 10.6 Å². The van der Waals surface area contributed by atoms with Crippen molar-refractivity contribution in [3.05, 3.63) is 65.2 Å². The number of aryl methyl sites for hydroxylation is 1. The molecule has 4 nitrogen and oxygen atoms in total. The van der Waals surface area contributed by atoms with Crippen molar-refractivity contribution in [2.75, 3.05) is 6.61 Å². The van der Waals surface area contributed by atoms with Crippen LogP contribution in [0.1, 0.15) is 41.8 Å². The second-order valence-electron chi connectivity index (χ2n) is 6.65. The van der Waals surface area contributed by atoms with Gasteiger partial charge in [-0.2, -0.15) is 0 Å². The first-order valence-corrected chi connectivity index (χ1v) is 9.23. The van der Waals surface area contributed by atoms with E-state index in [0.717, 1.165) is 12.0 Å². The van der Waals surface area contributed by atoms with Crippen molar-refractivity contribution in [3.8, 4) is 5.75 Å². The molecule has 2 aromatic carbocycles. The maximum absolute atomic E-state index is 12.5. The number of carbonyl (C=O) groups is 1. The van der Waals surface area contributed by atoms with Gasteiger partial charge >= 0.3 is 0 Å². The highest BCUT2D eigenvalue weighted by Crippen LogP contribution is 2.18. The number of amides is 1. The number of para-hydroxylation sites is 1. The Balaban J connectivity index is 1.90. The number of nitrogens with one attached hydrogen (secondary N) is 2. The van der Waals surface area contributed by atoms with E-state index in [1.807, 2.05) is 43.3 Å². The molecule has 0 fully saturated rings. The molecule has 138 valence electrons. The van der Waals surface area contributed by atoms with Gasteiger partial charge in [0.2, 0.25) is 0 Å². The van der Waals surface area contributed by atoms with E-state index in [1.54, 1.807) is 12.1 Å². The highest BCUT2D eigenvalue weighted by atomic mass is 32.1. The van der Waals surface area contributed by atoms with Gasteiger partial charge in [0.05, 0.1) is 12.2 Å². The molecule has 0 saturated heterocycles. The lowest BCUT2D eigenvalue weighted by molar-refractivity contribution is 0.0972. The third-order valence-electron chi connectivity index (χ3n) is 3.89. The molecule has 2 aromatic rings. The Labute approximate surface area is 161 Å². The summed E-state index contributed by atoms with van der Waals surface area (Å²) in [5.41, 5.74) is 2.79. The van der Waals surface area contributed by atoms with E-state index in [-0.39, 0.29) is 5.91 Å². The molecule has 2 rings (SSSR count). The molecule has 26 heavy (non-hydrogen) atoms. The molecule has 2 N–H and O–H groups in total. The number of benzene rings is 2. The van der Waals surface area contributed by atoms with E-state index in [4.69, 9.17) is 17.0 Å². The summed E-state index contributed by atoms with van der Waals surface area (Å²) in [6.45, 7) is 7.47. The fourth-order valence-corrected chi connectivity index (χ4v) is 2.45. The number of thiocarbonyl (C=S) groups is 1. The van der Waals surface area contributed by atoms with Gasteiger partial charge in [0, 0.05) is 6.54 Å². The quantitative estimate of drug-likeness (QED) is 0.717. The lowest BCUT2D eigenvalue weighted by atomic mass is 10.1. The summed E-state index contributed by atoms with van der Waals surface area (Å²) in [5.74, 6) is 0.855. The van der Waals surface area contributed by atoms with Crippen LogP contribution in [-0.2, 0) is 6.54 Å².